The van der Waals surface area contributed by atoms with Gasteiger partial charge >= 0.3 is 11.9 Å². The molecule has 0 aliphatic carbocycles. The van der Waals surface area contributed by atoms with Crippen LogP contribution in [-0.4, -0.2) is 22.2 Å². The molecular formula is C16H10O4. The second-order valence-corrected chi connectivity index (χ2v) is 4.06. The Labute approximate surface area is 115 Å². The highest BCUT2D eigenvalue weighted by atomic mass is 16.4. The Hall–Kier alpha value is -3.06. The van der Waals surface area contributed by atoms with Crippen LogP contribution in [0.1, 0.15) is 26.3 Å². The number of carboxylic acid groups (broad SMARTS) is 2. The van der Waals surface area contributed by atoms with Gasteiger partial charge in [0.2, 0.25) is 0 Å². The molecule has 0 radical (unpaired) electrons. The molecule has 0 amide bonds. The molecular weight excluding hydrogens is 256 g/mol. The number of carbonyl (C=O) groups is 2. The zero-order valence-electron chi connectivity index (χ0n) is 10.3. The van der Waals surface area contributed by atoms with E-state index in [2.05, 4.69) is 5.92 Å². The normalized spacial score (nSPS) is 9.75. The lowest BCUT2D eigenvalue weighted by molar-refractivity contribution is 0.0684. The lowest BCUT2D eigenvalue weighted by atomic mass is 9.94. The number of terminal acetylenes is 1. The van der Waals surface area contributed by atoms with Crippen LogP contribution >= 0.6 is 0 Å². The molecule has 0 saturated carbocycles. The Bertz CT molecular complexity index is 738. The minimum Gasteiger partial charge on any atom is -0.478 e. The van der Waals surface area contributed by atoms with Gasteiger partial charge in [0, 0.05) is 5.56 Å². The first-order valence-electron chi connectivity index (χ1n) is 5.71. The van der Waals surface area contributed by atoms with Gasteiger partial charge in [-0.15, -0.1) is 6.42 Å². The molecule has 0 bridgehead atoms. The fourth-order valence-electron chi connectivity index (χ4n) is 1.95. The van der Waals surface area contributed by atoms with Gasteiger partial charge in [0.25, 0.3) is 0 Å². The topological polar surface area (TPSA) is 74.6 Å². The van der Waals surface area contributed by atoms with Crippen LogP contribution < -0.4 is 0 Å². The smallest absolute Gasteiger partial charge is 0.336 e. The van der Waals surface area contributed by atoms with E-state index in [1.54, 1.807) is 18.2 Å². The van der Waals surface area contributed by atoms with Gasteiger partial charge in [0.05, 0.1) is 11.1 Å². The summed E-state index contributed by atoms with van der Waals surface area (Å²) in [6.07, 6.45) is 5.31. The van der Waals surface area contributed by atoms with Gasteiger partial charge in [-0.2, -0.15) is 0 Å². The SMILES string of the molecule is C#Cc1ccc(C(=O)O)c(-c2ccccc2C(=O)O)c1. The van der Waals surface area contributed by atoms with Crippen molar-refractivity contribution < 1.29 is 19.8 Å². The van der Waals surface area contributed by atoms with E-state index in [1.807, 2.05) is 0 Å². The molecule has 98 valence electrons. The quantitative estimate of drug-likeness (QED) is 0.838. The van der Waals surface area contributed by atoms with E-state index in [4.69, 9.17) is 6.42 Å². The molecule has 0 atom stereocenters. The third-order valence-corrected chi connectivity index (χ3v) is 2.86. The van der Waals surface area contributed by atoms with E-state index in [1.165, 1.54) is 24.3 Å². The van der Waals surface area contributed by atoms with E-state index in [0.717, 1.165) is 0 Å². The highest BCUT2D eigenvalue weighted by Crippen LogP contribution is 2.28. The van der Waals surface area contributed by atoms with Crippen LogP contribution in [0.25, 0.3) is 11.1 Å². The fourth-order valence-corrected chi connectivity index (χ4v) is 1.95. The van der Waals surface area contributed by atoms with Crippen LogP contribution in [0.3, 0.4) is 0 Å². The van der Waals surface area contributed by atoms with Gasteiger partial charge < -0.3 is 10.2 Å². The molecule has 2 aromatic carbocycles. The minimum atomic E-state index is -1.14. The van der Waals surface area contributed by atoms with Crippen molar-refractivity contribution in [2.24, 2.45) is 0 Å². The summed E-state index contributed by atoms with van der Waals surface area (Å²) in [6, 6.07) is 10.6. The maximum Gasteiger partial charge on any atom is 0.336 e. The Morgan fingerprint density at radius 2 is 1.50 bits per heavy atom. The van der Waals surface area contributed by atoms with Gasteiger partial charge in [-0.05, 0) is 35.4 Å². The number of benzene rings is 2. The van der Waals surface area contributed by atoms with Crippen LogP contribution in [0.5, 0.6) is 0 Å². The summed E-state index contributed by atoms with van der Waals surface area (Å²) in [5.41, 5.74) is 1.16. The van der Waals surface area contributed by atoms with Gasteiger partial charge in [-0.3, -0.25) is 0 Å². The Kier molecular flexibility index (Phi) is 3.54. The first-order chi connectivity index (χ1) is 9.54. The Morgan fingerprint density at radius 1 is 0.900 bits per heavy atom. The van der Waals surface area contributed by atoms with E-state index in [9.17, 15) is 19.8 Å². The van der Waals surface area contributed by atoms with Crippen molar-refractivity contribution in [3.05, 3.63) is 59.2 Å². The van der Waals surface area contributed by atoms with Crippen molar-refractivity contribution >= 4 is 11.9 Å². The number of hydrogen-bond acceptors (Lipinski definition) is 2. The van der Waals surface area contributed by atoms with E-state index >= 15 is 0 Å². The molecule has 4 nitrogen and oxygen atoms in total. The zero-order chi connectivity index (χ0) is 14.7. The summed E-state index contributed by atoms with van der Waals surface area (Å²) in [5, 5.41) is 18.4. The molecule has 20 heavy (non-hydrogen) atoms. The minimum absolute atomic E-state index is 0.0118. The molecule has 0 aliphatic heterocycles. The maximum atomic E-state index is 11.3. The highest BCUT2D eigenvalue weighted by molar-refractivity contribution is 6.02. The van der Waals surface area contributed by atoms with Crippen LogP contribution in [-0.2, 0) is 0 Å². The third-order valence-electron chi connectivity index (χ3n) is 2.86. The van der Waals surface area contributed by atoms with Gasteiger partial charge in [-0.1, -0.05) is 24.1 Å². The second-order valence-electron chi connectivity index (χ2n) is 4.06. The Morgan fingerprint density at radius 3 is 2.10 bits per heavy atom. The summed E-state index contributed by atoms with van der Waals surface area (Å²) in [4.78, 5) is 22.5. The largest absolute Gasteiger partial charge is 0.478 e. The average molecular weight is 266 g/mol. The summed E-state index contributed by atoms with van der Waals surface area (Å²) in [6.45, 7) is 0. The van der Waals surface area contributed by atoms with Crippen molar-refractivity contribution in [2.75, 3.05) is 0 Å². The number of rotatable bonds is 3. The van der Waals surface area contributed by atoms with Gasteiger partial charge in [0.1, 0.15) is 0 Å². The van der Waals surface area contributed by atoms with Gasteiger partial charge in [0.15, 0.2) is 0 Å². The van der Waals surface area contributed by atoms with E-state index in [0.29, 0.717) is 16.7 Å². The maximum absolute atomic E-state index is 11.3. The summed E-state index contributed by atoms with van der Waals surface area (Å²) in [7, 11) is 0. The third kappa shape index (κ3) is 2.38. The van der Waals surface area contributed by atoms with Crippen LogP contribution in [0.15, 0.2) is 42.5 Å². The monoisotopic (exact) mass is 266 g/mol. The predicted octanol–water partition coefficient (Wildman–Crippen LogP) is 2.73. The van der Waals surface area contributed by atoms with Crippen LogP contribution in [0, 0.1) is 12.3 Å². The van der Waals surface area contributed by atoms with Crippen molar-refractivity contribution in [1.29, 1.82) is 0 Å². The van der Waals surface area contributed by atoms with Crippen LogP contribution in [0.2, 0.25) is 0 Å². The fraction of sp³-hybridized carbons (Fsp3) is 0. The number of hydrogen-bond donors (Lipinski definition) is 2. The molecule has 0 saturated heterocycles. The summed E-state index contributed by atoms with van der Waals surface area (Å²) >= 11 is 0. The highest BCUT2D eigenvalue weighted by Gasteiger charge is 2.17. The van der Waals surface area contributed by atoms with E-state index < -0.39 is 11.9 Å². The molecule has 2 rings (SSSR count). The van der Waals surface area contributed by atoms with Crippen LogP contribution in [0.4, 0.5) is 0 Å². The summed E-state index contributed by atoms with van der Waals surface area (Å²) in [5.74, 6) is 0.154. The lowest BCUT2D eigenvalue weighted by Crippen LogP contribution is -2.04. The van der Waals surface area contributed by atoms with Crippen molar-refractivity contribution in [2.45, 2.75) is 0 Å². The molecule has 0 unspecified atom stereocenters. The average Bonchev–Trinajstić information content (AvgIpc) is 2.46. The molecule has 2 N–H and O–H groups in total. The molecule has 0 fully saturated rings. The lowest BCUT2D eigenvalue weighted by Gasteiger charge is -2.10. The molecule has 0 aliphatic rings. The second kappa shape index (κ2) is 5.29. The van der Waals surface area contributed by atoms with E-state index in [-0.39, 0.29) is 11.1 Å². The zero-order valence-corrected chi connectivity index (χ0v) is 10.3. The number of carboxylic acids is 2. The summed E-state index contributed by atoms with van der Waals surface area (Å²) < 4.78 is 0. The van der Waals surface area contributed by atoms with Crippen molar-refractivity contribution in [3.8, 4) is 23.5 Å². The van der Waals surface area contributed by atoms with Crippen molar-refractivity contribution in [1.82, 2.24) is 0 Å². The Balaban J connectivity index is 2.78. The first-order valence-corrected chi connectivity index (χ1v) is 5.71. The molecule has 2 aromatic rings. The van der Waals surface area contributed by atoms with Crippen molar-refractivity contribution in [3.63, 3.8) is 0 Å². The molecule has 4 heteroatoms. The molecule has 0 heterocycles. The standard InChI is InChI=1S/C16H10O4/c1-2-10-7-8-13(16(19)20)14(9-10)11-5-3-4-6-12(11)15(17)18/h1,3-9H,(H,17,18)(H,19,20). The molecule has 0 aromatic heterocycles. The first kappa shape index (κ1) is 13.4. The molecule has 0 spiro atoms. The number of aromatic carboxylic acids is 2. The predicted molar refractivity (Wildman–Crippen MR) is 73.7 cm³/mol. The van der Waals surface area contributed by atoms with Gasteiger partial charge in [-0.25, -0.2) is 9.59 Å².